The zero-order valence-electron chi connectivity index (χ0n) is 14.2. The van der Waals surface area contributed by atoms with Crippen molar-refractivity contribution in [2.45, 2.75) is 24.2 Å². The smallest absolute Gasteiger partial charge is 0.243 e. The second kappa shape index (κ2) is 7.97. The van der Waals surface area contributed by atoms with Crippen LogP contribution in [0.1, 0.15) is 29.6 Å². The minimum Gasteiger partial charge on any atom is -0.482 e. The van der Waals surface area contributed by atoms with Crippen LogP contribution >= 0.6 is 0 Å². The largest absolute Gasteiger partial charge is 0.482 e. The fourth-order valence-electron chi connectivity index (χ4n) is 2.86. The van der Waals surface area contributed by atoms with E-state index in [1.807, 2.05) is 0 Å². The third kappa shape index (κ3) is 4.11. The maximum absolute atomic E-state index is 13.5. The van der Waals surface area contributed by atoms with Crippen molar-refractivity contribution in [1.82, 2.24) is 4.31 Å². The average Bonchev–Trinajstić information content (AvgIpc) is 2.68. The molecule has 0 radical (unpaired) electrons. The van der Waals surface area contributed by atoms with Crippen molar-refractivity contribution in [2.24, 2.45) is 0 Å². The number of ether oxygens (including phenoxy) is 1. The van der Waals surface area contributed by atoms with E-state index in [9.17, 15) is 17.6 Å². The molecule has 0 aliphatic carbocycles. The van der Waals surface area contributed by atoms with Crippen LogP contribution < -0.4 is 4.74 Å². The molecule has 2 aromatic carbocycles. The van der Waals surface area contributed by atoms with Crippen LogP contribution in [0.4, 0.5) is 4.39 Å². The summed E-state index contributed by atoms with van der Waals surface area (Å²) in [5.41, 5.74) is 0.318. The van der Waals surface area contributed by atoms with E-state index >= 15 is 0 Å². The van der Waals surface area contributed by atoms with Crippen molar-refractivity contribution < 1.29 is 22.3 Å². The lowest BCUT2D eigenvalue weighted by Gasteiger charge is -2.25. The number of Topliss-reactive ketones (excluding diaryl/α,β-unsaturated/α-hetero) is 1. The van der Waals surface area contributed by atoms with E-state index < -0.39 is 15.8 Å². The SMILES string of the molecule is O=C(COc1ccccc1F)c1ccc(S(=O)(=O)N2CCCCC2)cc1. The van der Waals surface area contributed by atoms with E-state index in [2.05, 4.69) is 0 Å². The highest BCUT2D eigenvalue weighted by molar-refractivity contribution is 7.89. The average molecular weight is 377 g/mol. The van der Waals surface area contributed by atoms with Crippen molar-refractivity contribution >= 4 is 15.8 Å². The molecule has 0 spiro atoms. The molecule has 1 saturated heterocycles. The third-order valence-corrected chi connectivity index (χ3v) is 6.24. The Balaban J connectivity index is 1.67. The number of hydrogen-bond acceptors (Lipinski definition) is 4. The van der Waals surface area contributed by atoms with Gasteiger partial charge in [-0.05, 0) is 49.2 Å². The number of halogens is 1. The van der Waals surface area contributed by atoms with Gasteiger partial charge in [-0.25, -0.2) is 12.8 Å². The Bertz CT molecular complexity index is 875. The molecule has 0 N–H and O–H groups in total. The number of para-hydroxylation sites is 1. The van der Waals surface area contributed by atoms with Gasteiger partial charge in [-0.1, -0.05) is 18.6 Å². The first kappa shape index (κ1) is 18.5. The third-order valence-electron chi connectivity index (χ3n) is 4.32. The van der Waals surface area contributed by atoms with E-state index in [4.69, 9.17) is 4.74 Å². The number of nitrogens with zero attached hydrogens (tertiary/aromatic N) is 1. The number of hydrogen-bond donors (Lipinski definition) is 0. The van der Waals surface area contributed by atoms with Gasteiger partial charge in [0.25, 0.3) is 0 Å². The fraction of sp³-hybridized carbons (Fsp3) is 0.316. The summed E-state index contributed by atoms with van der Waals surface area (Å²) in [4.78, 5) is 12.4. The maximum Gasteiger partial charge on any atom is 0.243 e. The quantitative estimate of drug-likeness (QED) is 0.725. The number of carbonyl (C=O) groups is 1. The molecule has 1 aliphatic rings. The molecular formula is C19H20FNO4S. The zero-order chi connectivity index (χ0) is 18.6. The van der Waals surface area contributed by atoms with Gasteiger partial charge in [0, 0.05) is 18.7 Å². The Kier molecular flexibility index (Phi) is 5.68. The summed E-state index contributed by atoms with van der Waals surface area (Å²) >= 11 is 0. The first-order valence-electron chi connectivity index (χ1n) is 8.49. The Labute approximate surface area is 152 Å². The molecule has 0 aromatic heterocycles. The van der Waals surface area contributed by atoms with Gasteiger partial charge in [0.1, 0.15) is 0 Å². The Morgan fingerprint density at radius 2 is 1.65 bits per heavy atom. The van der Waals surface area contributed by atoms with Gasteiger partial charge < -0.3 is 4.74 Å². The molecule has 0 saturated carbocycles. The van der Waals surface area contributed by atoms with E-state index in [1.165, 1.54) is 46.8 Å². The van der Waals surface area contributed by atoms with Crippen molar-refractivity contribution in [3.63, 3.8) is 0 Å². The van der Waals surface area contributed by atoms with Crippen molar-refractivity contribution in [2.75, 3.05) is 19.7 Å². The van der Waals surface area contributed by atoms with Gasteiger partial charge in [-0.15, -0.1) is 0 Å². The van der Waals surface area contributed by atoms with Crippen LogP contribution in [-0.2, 0) is 10.0 Å². The molecule has 0 atom stereocenters. The van der Waals surface area contributed by atoms with Crippen molar-refractivity contribution in [3.05, 3.63) is 59.9 Å². The normalized spacial score (nSPS) is 15.6. The predicted octanol–water partition coefficient (Wildman–Crippen LogP) is 3.26. The summed E-state index contributed by atoms with van der Waals surface area (Å²) in [5.74, 6) is -0.886. The van der Waals surface area contributed by atoms with Crippen molar-refractivity contribution in [1.29, 1.82) is 0 Å². The highest BCUT2D eigenvalue weighted by atomic mass is 32.2. The number of ketones is 1. The molecule has 0 amide bonds. The minimum atomic E-state index is -3.52. The lowest BCUT2D eigenvalue weighted by molar-refractivity contribution is 0.0918. The number of carbonyl (C=O) groups excluding carboxylic acids is 1. The predicted molar refractivity (Wildman–Crippen MR) is 95.3 cm³/mol. The molecule has 0 unspecified atom stereocenters. The molecule has 0 bridgehead atoms. The lowest BCUT2D eigenvalue weighted by atomic mass is 10.1. The lowest BCUT2D eigenvalue weighted by Crippen LogP contribution is -2.35. The highest BCUT2D eigenvalue weighted by Gasteiger charge is 2.25. The van der Waals surface area contributed by atoms with Crippen LogP contribution in [-0.4, -0.2) is 38.2 Å². The topological polar surface area (TPSA) is 63.7 Å². The summed E-state index contributed by atoms with van der Waals surface area (Å²) in [7, 11) is -3.52. The standard InChI is InChI=1S/C19H20FNO4S/c20-17-6-2-3-7-19(17)25-14-18(22)15-8-10-16(11-9-15)26(23,24)21-12-4-1-5-13-21/h2-3,6-11H,1,4-5,12-14H2. The summed E-state index contributed by atoms with van der Waals surface area (Å²) in [6.45, 7) is 0.734. The number of piperidine rings is 1. The molecule has 138 valence electrons. The summed E-state index contributed by atoms with van der Waals surface area (Å²) in [6.07, 6.45) is 2.77. The maximum atomic E-state index is 13.5. The van der Waals surface area contributed by atoms with Crippen LogP contribution in [0.25, 0.3) is 0 Å². The monoisotopic (exact) mass is 377 g/mol. The molecule has 1 heterocycles. The van der Waals surface area contributed by atoms with Gasteiger partial charge >= 0.3 is 0 Å². The van der Waals surface area contributed by atoms with Gasteiger partial charge in [-0.3, -0.25) is 4.79 Å². The molecular weight excluding hydrogens is 357 g/mol. The molecule has 2 aromatic rings. The van der Waals surface area contributed by atoms with E-state index in [1.54, 1.807) is 6.07 Å². The molecule has 1 fully saturated rings. The first-order chi connectivity index (χ1) is 12.5. The number of benzene rings is 2. The van der Waals surface area contributed by atoms with Gasteiger partial charge in [-0.2, -0.15) is 4.31 Å². The number of rotatable bonds is 6. The molecule has 1 aliphatic heterocycles. The Hall–Kier alpha value is -2.25. The molecule has 7 heteroatoms. The number of sulfonamides is 1. The van der Waals surface area contributed by atoms with Crippen LogP contribution in [0.3, 0.4) is 0 Å². The van der Waals surface area contributed by atoms with Crippen LogP contribution in [0.2, 0.25) is 0 Å². The fourth-order valence-corrected chi connectivity index (χ4v) is 4.37. The van der Waals surface area contributed by atoms with Gasteiger partial charge in [0.2, 0.25) is 10.0 Å². The second-order valence-corrected chi connectivity index (χ2v) is 8.07. The first-order valence-corrected chi connectivity index (χ1v) is 9.93. The van der Waals surface area contributed by atoms with Crippen LogP contribution in [0, 0.1) is 5.82 Å². The second-order valence-electron chi connectivity index (χ2n) is 6.13. The van der Waals surface area contributed by atoms with Gasteiger partial charge in [0.15, 0.2) is 24.0 Å². The minimum absolute atomic E-state index is 0.00477. The van der Waals surface area contributed by atoms with Crippen LogP contribution in [0.5, 0.6) is 5.75 Å². The Morgan fingerprint density at radius 3 is 2.31 bits per heavy atom. The summed E-state index contributed by atoms with van der Waals surface area (Å²) in [5, 5.41) is 0. The molecule has 3 rings (SSSR count). The van der Waals surface area contributed by atoms with E-state index in [0.717, 1.165) is 19.3 Å². The summed E-state index contributed by atoms with van der Waals surface area (Å²) in [6, 6.07) is 11.6. The van der Waals surface area contributed by atoms with Gasteiger partial charge in [0.05, 0.1) is 4.90 Å². The zero-order valence-corrected chi connectivity index (χ0v) is 15.0. The highest BCUT2D eigenvalue weighted by Crippen LogP contribution is 2.21. The molecule has 26 heavy (non-hydrogen) atoms. The van der Waals surface area contributed by atoms with E-state index in [-0.39, 0.29) is 23.0 Å². The molecule has 5 nitrogen and oxygen atoms in total. The van der Waals surface area contributed by atoms with Crippen LogP contribution in [0.15, 0.2) is 53.4 Å². The van der Waals surface area contributed by atoms with E-state index in [0.29, 0.717) is 18.7 Å². The summed E-state index contributed by atoms with van der Waals surface area (Å²) < 4.78 is 45.4. The van der Waals surface area contributed by atoms with Crippen molar-refractivity contribution in [3.8, 4) is 5.75 Å². The Morgan fingerprint density at radius 1 is 1.00 bits per heavy atom.